The first-order valence-electron chi connectivity index (χ1n) is 4.29. The molecule has 0 unspecified atom stereocenters. The van der Waals surface area contributed by atoms with Crippen LogP contribution in [0.15, 0.2) is 41.1 Å². The first-order chi connectivity index (χ1) is 6.95. The summed E-state index contributed by atoms with van der Waals surface area (Å²) >= 11 is 0. The lowest BCUT2D eigenvalue weighted by molar-refractivity contribution is 0.422. The minimum atomic E-state index is 0.752. The Hall–Kier alpha value is -2.10. The number of nitrogens with one attached hydrogen (secondary N) is 1. The van der Waals surface area contributed by atoms with Crippen LogP contribution >= 0.6 is 0 Å². The van der Waals surface area contributed by atoms with Crippen LogP contribution in [-0.2, 0) is 0 Å². The molecule has 0 atom stereocenters. The van der Waals surface area contributed by atoms with Crippen molar-refractivity contribution >= 4 is 10.9 Å². The maximum atomic E-state index is 4.78. The number of hydrogen-bond acceptors (Lipinski definition) is 3. The average molecular weight is 185 g/mol. The normalized spacial score (nSPS) is 10.9. The van der Waals surface area contributed by atoms with Gasteiger partial charge in [0.25, 0.3) is 0 Å². The standard InChI is InChI=1S/C10H7N3O/c1-2-4-8-7(3-1)10(12-11-8)9-5-6-14-13-9/h1-6H,(H,11,12). The second-order valence-electron chi connectivity index (χ2n) is 3.00. The number of aromatic nitrogens is 3. The average Bonchev–Trinajstić information content (AvgIpc) is 2.85. The lowest BCUT2D eigenvalue weighted by Gasteiger charge is -1.88. The fourth-order valence-corrected chi connectivity index (χ4v) is 1.49. The van der Waals surface area contributed by atoms with Gasteiger partial charge >= 0.3 is 0 Å². The van der Waals surface area contributed by atoms with Crippen molar-refractivity contribution in [2.24, 2.45) is 0 Å². The molecule has 0 aliphatic carbocycles. The van der Waals surface area contributed by atoms with E-state index in [1.807, 2.05) is 24.3 Å². The van der Waals surface area contributed by atoms with Crippen LogP contribution in [0, 0.1) is 0 Å². The van der Waals surface area contributed by atoms with E-state index in [1.54, 1.807) is 12.3 Å². The highest BCUT2D eigenvalue weighted by Crippen LogP contribution is 2.23. The van der Waals surface area contributed by atoms with Crippen LogP contribution in [-0.4, -0.2) is 15.4 Å². The topological polar surface area (TPSA) is 54.7 Å². The molecule has 0 saturated heterocycles. The summed E-state index contributed by atoms with van der Waals surface area (Å²) < 4.78 is 4.78. The molecule has 0 radical (unpaired) electrons. The van der Waals surface area contributed by atoms with Crippen LogP contribution in [0.3, 0.4) is 0 Å². The van der Waals surface area contributed by atoms with Crippen LogP contribution in [0.1, 0.15) is 0 Å². The predicted octanol–water partition coefficient (Wildman–Crippen LogP) is 2.22. The Labute approximate surface area is 79.5 Å². The number of fused-ring (bicyclic) bond motifs is 1. The highest BCUT2D eigenvalue weighted by atomic mass is 16.5. The van der Waals surface area contributed by atoms with Crippen molar-refractivity contribution in [3.63, 3.8) is 0 Å². The summed E-state index contributed by atoms with van der Waals surface area (Å²) in [4.78, 5) is 0. The second-order valence-corrected chi connectivity index (χ2v) is 3.00. The molecule has 0 amide bonds. The van der Waals surface area contributed by atoms with E-state index in [4.69, 9.17) is 4.52 Å². The van der Waals surface area contributed by atoms with Gasteiger partial charge in [-0.3, -0.25) is 5.10 Å². The minimum Gasteiger partial charge on any atom is -0.364 e. The van der Waals surface area contributed by atoms with Crippen LogP contribution in [0.25, 0.3) is 22.3 Å². The quantitative estimate of drug-likeness (QED) is 0.632. The van der Waals surface area contributed by atoms with Gasteiger partial charge < -0.3 is 4.52 Å². The Morgan fingerprint density at radius 2 is 2.07 bits per heavy atom. The Morgan fingerprint density at radius 3 is 2.93 bits per heavy atom. The van der Waals surface area contributed by atoms with Gasteiger partial charge in [0.2, 0.25) is 0 Å². The van der Waals surface area contributed by atoms with Gasteiger partial charge in [0.05, 0.1) is 5.52 Å². The fourth-order valence-electron chi connectivity index (χ4n) is 1.49. The van der Waals surface area contributed by atoms with Gasteiger partial charge in [0.1, 0.15) is 17.7 Å². The first-order valence-corrected chi connectivity index (χ1v) is 4.29. The zero-order chi connectivity index (χ0) is 9.38. The van der Waals surface area contributed by atoms with Gasteiger partial charge in [-0.15, -0.1) is 0 Å². The molecule has 0 bridgehead atoms. The largest absolute Gasteiger partial charge is 0.364 e. The monoisotopic (exact) mass is 185 g/mol. The second kappa shape index (κ2) is 2.70. The van der Waals surface area contributed by atoms with Crippen molar-refractivity contribution in [3.05, 3.63) is 36.6 Å². The molecule has 14 heavy (non-hydrogen) atoms. The maximum absolute atomic E-state index is 4.78. The molecule has 0 aliphatic heterocycles. The number of para-hydroxylation sites is 1. The van der Waals surface area contributed by atoms with Crippen molar-refractivity contribution in [2.75, 3.05) is 0 Å². The summed E-state index contributed by atoms with van der Waals surface area (Å²) in [6, 6.07) is 9.71. The van der Waals surface area contributed by atoms with Crippen LogP contribution < -0.4 is 0 Å². The number of benzene rings is 1. The molecule has 2 heterocycles. The lowest BCUT2D eigenvalue weighted by Crippen LogP contribution is -1.76. The van der Waals surface area contributed by atoms with Crippen molar-refractivity contribution < 1.29 is 4.52 Å². The summed E-state index contributed by atoms with van der Waals surface area (Å²) in [6.07, 6.45) is 1.54. The molecule has 0 spiro atoms. The third kappa shape index (κ3) is 0.939. The number of nitrogens with zero attached hydrogens (tertiary/aromatic N) is 2. The predicted molar refractivity (Wildman–Crippen MR) is 51.6 cm³/mol. The zero-order valence-corrected chi connectivity index (χ0v) is 7.27. The number of H-pyrrole nitrogens is 1. The Bertz CT molecular complexity index is 554. The molecular formula is C10H7N3O. The highest BCUT2D eigenvalue weighted by Gasteiger charge is 2.09. The van der Waals surface area contributed by atoms with Crippen LogP contribution in [0.2, 0.25) is 0 Å². The molecule has 0 fully saturated rings. The van der Waals surface area contributed by atoms with E-state index in [9.17, 15) is 0 Å². The molecule has 1 N–H and O–H groups in total. The third-order valence-corrected chi connectivity index (χ3v) is 2.15. The first kappa shape index (κ1) is 7.32. The summed E-state index contributed by atoms with van der Waals surface area (Å²) in [5, 5.41) is 12.0. The third-order valence-electron chi connectivity index (χ3n) is 2.15. The van der Waals surface area contributed by atoms with Crippen molar-refractivity contribution in [1.29, 1.82) is 0 Å². The van der Waals surface area contributed by atoms with Crippen LogP contribution in [0.4, 0.5) is 0 Å². The maximum Gasteiger partial charge on any atom is 0.134 e. The number of rotatable bonds is 1. The van der Waals surface area contributed by atoms with Gasteiger partial charge in [-0.25, -0.2) is 0 Å². The molecule has 1 aromatic carbocycles. The smallest absolute Gasteiger partial charge is 0.134 e. The Kier molecular flexibility index (Phi) is 1.41. The van der Waals surface area contributed by atoms with E-state index in [0.29, 0.717) is 0 Å². The highest BCUT2D eigenvalue weighted by molar-refractivity contribution is 5.91. The summed E-state index contributed by atoms with van der Waals surface area (Å²) in [6.45, 7) is 0. The zero-order valence-electron chi connectivity index (χ0n) is 7.27. The molecule has 3 aromatic rings. The molecule has 3 rings (SSSR count). The van der Waals surface area contributed by atoms with Gasteiger partial charge in [-0.05, 0) is 6.07 Å². The number of aromatic amines is 1. The molecule has 2 aromatic heterocycles. The van der Waals surface area contributed by atoms with Crippen molar-refractivity contribution in [3.8, 4) is 11.4 Å². The summed E-state index contributed by atoms with van der Waals surface area (Å²) in [5.74, 6) is 0. The summed E-state index contributed by atoms with van der Waals surface area (Å²) in [7, 11) is 0. The Morgan fingerprint density at radius 1 is 1.14 bits per heavy atom. The van der Waals surface area contributed by atoms with E-state index in [-0.39, 0.29) is 0 Å². The molecule has 68 valence electrons. The van der Waals surface area contributed by atoms with Gasteiger partial charge in [-0.2, -0.15) is 5.10 Å². The molecule has 0 saturated carbocycles. The Balaban J connectivity index is 2.33. The molecular weight excluding hydrogens is 178 g/mol. The van der Waals surface area contributed by atoms with E-state index < -0.39 is 0 Å². The lowest BCUT2D eigenvalue weighted by atomic mass is 10.2. The van der Waals surface area contributed by atoms with E-state index in [1.165, 1.54) is 0 Å². The van der Waals surface area contributed by atoms with E-state index in [0.717, 1.165) is 22.3 Å². The SMILES string of the molecule is c1ccc2c(-c3ccon3)n[nH]c2c1. The van der Waals surface area contributed by atoms with Crippen molar-refractivity contribution in [1.82, 2.24) is 15.4 Å². The molecule has 4 nitrogen and oxygen atoms in total. The number of hydrogen-bond donors (Lipinski definition) is 1. The fraction of sp³-hybridized carbons (Fsp3) is 0. The molecule has 0 aliphatic rings. The van der Waals surface area contributed by atoms with Crippen LogP contribution in [0.5, 0.6) is 0 Å². The van der Waals surface area contributed by atoms with Gasteiger partial charge in [-0.1, -0.05) is 23.4 Å². The van der Waals surface area contributed by atoms with Gasteiger partial charge in [0.15, 0.2) is 0 Å². The van der Waals surface area contributed by atoms with E-state index in [2.05, 4.69) is 15.4 Å². The van der Waals surface area contributed by atoms with Gasteiger partial charge in [0, 0.05) is 11.5 Å². The van der Waals surface area contributed by atoms with Crippen molar-refractivity contribution in [2.45, 2.75) is 0 Å². The minimum absolute atomic E-state index is 0.752. The summed E-state index contributed by atoms with van der Waals surface area (Å²) in [5.41, 5.74) is 2.59. The van der Waals surface area contributed by atoms with E-state index >= 15 is 0 Å². The molecule has 4 heteroatoms.